The van der Waals surface area contributed by atoms with E-state index in [-0.39, 0.29) is 28.9 Å². The summed E-state index contributed by atoms with van der Waals surface area (Å²) in [6.45, 7) is 18.0. The first-order valence-corrected chi connectivity index (χ1v) is 10.6. The van der Waals surface area contributed by atoms with Gasteiger partial charge < -0.3 is 4.74 Å². The molecule has 0 bridgehead atoms. The number of aryl methyl sites for hydroxylation is 1. The molecule has 29 heavy (non-hydrogen) atoms. The van der Waals surface area contributed by atoms with Gasteiger partial charge in [-0.25, -0.2) is 4.79 Å². The van der Waals surface area contributed by atoms with E-state index in [4.69, 9.17) is 4.74 Å². The molecule has 1 aliphatic heterocycles. The van der Waals surface area contributed by atoms with Crippen molar-refractivity contribution in [3.05, 3.63) is 64.7 Å². The van der Waals surface area contributed by atoms with Crippen molar-refractivity contribution in [3.8, 4) is 5.75 Å². The van der Waals surface area contributed by atoms with Crippen LogP contribution in [0.2, 0.25) is 0 Å². The standard InChI is InChI=1S/C26H35NO2/c1-17-14-20(25(3,4)5)23(21(15-17)26(6,7)8)29-24(28)22-16-27(22)18(2)19-12-10-9-11-13-19/h9-15,18,22H,16H2,1-8H3. The van der Waals surface area contributed by atoms with Gasteiger partial charge in [0.25, 0.3) is 0 Å². The third-order valence-electron chi connectivity index (χ3n) is 5.75. The smallest absolute Gasteiger partial charge is 0.330 e. The second-order valence-corrected chi connectivity index (χ2v) is 10.4. The van der Waals surface area contributed by atoms with E-state index < -0.39 is 0 Å². The van der Waals surface area contributed by atoms with E-state index in [1.807, 2.05) is 18.2 Å². The third-order valence-corrected chi connectivity index (χ3v) is 5.75. The molecule has 1 aliphatic rings. The molecule has 1 saturated heterocycles. The summed E-state index contributed by atoms with van der Waals surface area (Å²) in [6.07, 6.45) is 0. The summed E-state index contributed by atoms with van der Waals surface area (Å²) in [7, 11) is 0. The lowest BCUT2D eigenvalue weighted by Crippen LogP contribution is -2.26. The molecule has 3 rings (SSSR count). The lowest BCUT2D eigenvalue weighted by molar-refractivity contribution is -0.135. The van der Waals surface area contributed by atoms with Crippen LogP contribution in [0.4, 0.5) is 0 Å². The van der Waals surface area contributed by atoms with Crippen LogP contribution in [-0.2, 0) is 15.6 Å². The van der Waals surface area contributed by atoms with Gasteiger partial charge in [-0.15, -0.1) is 0 Å². The van der Waals surface area contributed by atoms with Crippen molar-refractivity contribution >= 4 is 5.97 Å². The Kier molecular flexibility index (Phi) is 5.66. The lowest BCUT2D eigenvalue weighted by Gasteiger charge is -2.30. The van der Waals surface area contributed by atoms with Crippen molar-refractivity contribution in [1.29, 1.82) is 0 Å². The zero-order valence-corrected chi connectivity index (χ0v) is 19.2. The molecule has 0 amide bonds. The number of hydrogen-bond donors (Lipinski definition) is 0. The summed E-state index contributed by atoms with van der Waals surface area (Å²) in [5.41, 5.74) is 4.40. The van der Waals surface area contributed by atoms with Gasteiger partial charge in [-0.3, -0.25) is 4.90 Å². The number of esters is 1. The first kappa shape index (κ1) is 21.6. The lowest BCUT2D eigenvalue weighted by atomic mass is 9.78. The van der Waals surface area contributed by atoms with E-state index in [0.717, 1.165) is 23.4 Å². The molecule has 1 fully saturated rings. The van der Waals surface area contributed by atoms with Crippen molar-refractivity contribution in [2.75, 3.05) is 6.54 Å². The molecule has 3 heteroatoms. The fourth-order valence-electron chi connectivity index (χ4n) is 3.88. The summed E-state index contributed by atoms with van der Waals surface area (Å²) in [5, 5.41) is 0. The van der Waals surface area contributed by atoms with Gasteiger partial charge in [0.15, 0.2) is 0 Å². The minimum Gasteiger partial charge on any atom is -0.425 e. The molecular weight excluding hydrogens is 358 g/mol. The first-order chi connectivity index (χ1) is 13.4. The normalized spacial score (nSPS) is 20.3. The van der Waals surface area contributed by atoms with E-state index in [1.54, 1.807) is 0 Å². The topological polar surface area (TPSA) is 29.3 Å². The molecule has 2 aromatic carbocycles. The fraction of sp³-hybridized carbons (Fsp3) is 0.500. The van der Waals surface area contributed by atoms with Gasteiger partial charge in [0.05, 0.1) is 0 Å². The summed E-state index contributed by atoms with van der Waals surface area (Å²) >= 11 is 0. The molecule has 0 N–H and O–H groups in total. The summed E-state index contributed by atoms with van der Waals surface area (Å²) in [5.74, 6) is 0.604. The molecule has 1 heterocycles. The highest BCUT2D eigenvalue weighted by molar-refractivity contribution is 5.82. The molecule has 3 nitrogen and oxygen atoms in total. The van der Waals surface area contributed by atoms with Crippen molar-refractivity contribution in [3.63, 3.8) is 0 Å². The Balaban J connectivity index is 1.87. The predicted molar refractivity (Wildman–Crippen MR) is 120 cm³/mol. The van der Waals surface area contributed by atoms with Crippen molar-refractivity contribution in [1.82, 2.24) is 4.90 Å². The molecule has 3 unspecified atom stereocenters. The monoisotopic (exact) mass is 393 g/mol. The van der Waals surface area contributed by atoms with E-state index in [2.05, 4.69) is 84.6 Å². The zero-order valence-electron chi connectivity index (χ0n) is 19.2. The highest BCUT2D eigenvalue weighted by Gasteiger charge is 2.46. The maximum Gasteiger partial charge on any atom is 0.330 e. The number of rotatable bonds is 4. The van der Waals surface area contributed by atoms with Gasteiger partial charge in [-0.05, 0) is 30.2 Å². The highest BCUT2D eigenvalue weighted by atomic mass is 16.5. The number of carbonyl (C=O) groups is 1. The molecule has 0 radical (unpaired) electrons. The predicted octanol–water partition coefficient (Wildman–Crippen LogP) is 5.94. The van der Waals surface area contributed by atoms with Gasteiger partial charge in [-0.1, -0.05) is 89.6 Å². The average Bonchev–Trinajstić information content (AvgIpc) is 3.42. The number of carbonyl (C=O) groups excluding carboxylic acids is 1. The number of hydrogen-bond acceptors (Lipinski definition) is 3. The highest BCUT2D eigenvalue weighted by Crippen LogP contribution is 2.42. The Labute approximate surface area is 176 Å². The molecule has 3 atom stereocenters. The van der Waals surface area contributed by atoms with Gasteiger partial charge >= 0.3 is 5.97 Å². The second-order valence-electron chi connectivity index (χ2n) is 10.4. The van der Waals surface area contributed by atoms with E-state index in [1.165, 1.54) is 11.1 Å². The van der Waals surface area contributed by atoms with Gasteiger partial charge in [0, 0.05) is 23.7 Å². The van der Waals surface area contributed by atoms with E-state index in [9.17, 15) is 4.79 Å². The van der Waals surface area contributed by atoms with Gasteiger partial charge in [0.1, 0.15) is 11.8 Å². The van der Waals surface area contributed by atoms with E-state index >= 15 is 0 Å². The van der Waals surface area contributed by atoms with Crippen LogP contribution in [0.25, 0.3) is 0 Å². The van der Waals surface area contributed by atoms with Crippen LogP contribution in [-0.4, -0.2) is 23.5 Å². The average molecular weight is 394 g/mol. The van der Waals surface area contributed by atoms with Crippen molar-refractivity contribution in [2.24, 2.45) is 0 Å². The van der Waals surface area contributed by atoms with Crippen LogP contribution in [0.5, 0.6) is 5.75 Å². The Hall–Kier alpha value is -2.13. The van der Waals surface area contributed by atoms with Crippen LogP contribution in [0.15, 0.2) is 42.5 Å². The summed E-state index contributed by atoms with van der Waals surface area (Å²) in [6, 6.07) is 14.7. The van der Waals surface area contributed by atoms with Crippen LogP contribution >= 0.6 is 0 Å². The Bertz CT molecular complexity index is 852. The van der Waals surface area contributed by atoms with E-state index in [0.29, 0.717) is 0 Å². The van der Waals surface area contributed by atoms with Crippen LogP contribution < -0.4 is 4.74 Å². The minimum absolute atomic E-state index is 0.109. The molecule has 0 aromatic heterocycles. The maximum atomic E-state index is 13.1. The molecule has 0 aliphatic carbocycles. The van der Waals surface area contributed by atoms with Crippen LogP contribution in [0.1, 0.15) is 76.8 Å². The summed E-state index contributed by atoms with van der Waals surface area (Å²) in [4.78, 5) is 15.3. The SMILES string of the molecule is Cc1cc(C(C)(C)C)c(OC(=O)C2CN2C(C)c2ccccc2)c(C(C)(C)C)c1. The number of benzene rings is 2. The molecule has 2 aromatic rings. The number of ether oxygens (including phenoxy) is 1. The fourth-order valence-corrected chi connectivity index (χ4v) is 3.88. The second kappa shape index (κ2) is 7.60. The third kappa shape index (κ3) is 4.72. The molecule has 156 valence electrons. The minimum atomic E-state index is -0.174. The molecular formula is C26H35NO2. The Morgan fingerprint density at radius 1 is 1.00 bits per heavy atom. The maximum absolute atomic E-state index is 13.1. The Morgan fingerprint density at radius 2 is 1.52 bits per heavy atom. The molecule has 0 spiro atoms. The summed E-state index contributed by atoms with van der Waals surface area (Å²) < 4.78 is 6.14. The van der Waals surface area contributed by atoms with Crippen LogP contribution in [0.3, 0.4) is 0 Å². The van der Waals surface area contributed by atoms with Gasteiger partial charge in [0.2, 0.25) is 0 Å². The first-order valence-electron chi connectivity index (χ1n) is 10.6. The van der Waals surface area contributed by atoms with Crippen molar-refractivity contribution < 1.29 is 9.53 Å². The van der Waals surface area contributed by atoms with Crippen LogP contribution in [0, 0.1) is 6.92 Å². The van der Waals surface area contributed by atoms with Crippen molar-refractivity contribution in [2.45, 2.75) is 78.3 Å². The largest absolute Gasteiger partial charge is 0.425 e. The Morgan fingerprint density at radius 3 is 2.00 bits per heavy atom. The molecule has 0 saturated carbocycles. The zero-order chi connectivity index (χ0) is 21.6. The number of nitrogens with zero attached hydrogens (tertiary/aromatic N) is 1. The van der Waals surface area contributed by atoms with Gasteiger partial charge in [-0.2, -0.15) is 0 Å². The quantitative estimate of drug-likeness (QED) is 0.366.